The van der Waals surface area contributed by atoms with E-state index in [1.807, 2.05) is 0 Å². The molecule has 1 aliphatic heterocycles. The first-order valence-electron chi connectivity index (χ1n) is 10.7. The first kappa shape index (κ1) is 25.2. The summed E-state index contributed by atoms with van der Waals surface area (Å²) in [4.78, 5) is 39.5. The van der Waals surface area contributed by atoms with E-state index in [0.717, 1.165) is 25.7 Å². The molecule has 1 heterocycles. The summed E-state index contributed by atoms with van der Waals surface area (Å²) in [6.45, 7) is 6.16. The summed E-state index contributed by atoms with van der Waals surface area (Å²) in [5, 5.41) is 3.59. The minimum Gasteiger partial charge on any atom is -0.463 e. The SMILES string of the molecule is CCCCCCNC(=O)CN1C(=O)CC(c2ccc(Cl)c(Cl)c2)C(C(=O)OCC)=C1C. The molecule has 0 spiro atoms. The van der Waals surface area contributed by atoms with E-state index in [1.165, 1.54) is 4.90 Å². The Labute approximate surface area is 193 Å². The average molecular weight is 469 g/mol. The van der Waals surface area contributed by atoms with Crippen molar-refractivity contribution in [3.63, 3.8) is 0 Å². The van der Waals surface area contributed by atoms with Gasteiger partial charge in [-0.15, -0.1) is 0 Å². The van der Waals surface area contributed by atoms with Crippen LogP contribution in [0.1, 0.15) is 64.4 Å². The third kappa shape index (κ3) is 6.71. The molecule has 0 saturated heterocycles. The Morgan fingerprint density at radius 2 is 1.90 bits per heavy atom. The van der Waals surface area contributed by atoms with Gasteiger partial charge in [0.25, 0.3) is 0 Å². The number of esters is 1. The Kier molecular flexibility index (Phi) is 9.85. The molecule has 31 heavy (non-hydrogen) atoms. The van der Waals surface area contributed by atoms with Crippen LogP contribution in [0.2, 0.25) is 10.0 Å². The highest BCUT2D eigenvalue weighted by atomic mass is 35.5. The van der Waals surface area contributed by atoms with Gasteiger partial charge in [-0.05, 0) is 38.0 Å². The van der Waals surface area contributed by atoms with Crippen LogP contribution in [-0.2, 0) is 19.1 Å². The molecule has 8 heteroatoms. The minimum absolute atomic E-state index is 0.0349. The number of hydrogen-bond acceptors (Lipinski definition) is 4. The molecule has 1 aromatic carbocycles. The molecule has 6 nitrogen and oxygen atoms in total. The van der Waals surface area contributed by atoms with Gasteiger partial charge in [0.05, 0.1) is 22.2 Å². The highest BCUT2D eigenvalue weighted by Gasteiger charge is 2.37. The van der Waals surface area contributed by atoms with E-state index in [1.54, 1.807) is 32.0 Å². The fourth-order valence-electron chi connectivity index (χ4n) is 3.67. The van der Waals surface area contributed by atoms with Crippen molar-refractivity contribution in [2.45, 2.75) is 58.8 Å². The zero-order valence-corrected chi connectivity index (χ0v) is 19.8. The van der Waals surface area contributed by atoms with Gasteiger partial charge in [0.2, 0.25) is 11.8 Å². The number of hydrogen-bond donors (Lipinski definition) is 1. The van der Waals surface area contributed by atoms with Crippen molar-refractivity contribution in [1.29, 1.82) is 0 Å². The van der Waals surface area contributed by atoms with E-state index in [0.29, 0.717) is 33.4 Å². The molecule has 1 N–H and O–H groups in total. The molecule has 1 aliphatic rings. The summed E-state index contributed by atoms with van der Waals surface area (Å²) in [5.74, 6) is -1.51. The Bertz CT molecular complexity index is 854. The number of carbonyl (C=O) groups excluding carboxylic acids is 3. The fraction of sp³-hybridized carbons (Fsp3) is 0.522. The van der Waals surface area contributed by atoms with Crippen LogP contribution in [-0.4, -0.2) is 42.4 Å². The van der Waals surface area contributed by atoms with Crippen LogP contribution in [0.4, 0.5) is 0 Å². The van der Waals surface area contributed by atoms with Crippen molar-refractivity contribution in [2.75, 3.05) is 19.7 Å². The highest BCUT2D eigenvalue weighted by Crippen LogP contribution is 2.38. The van der Waals surface area contributed by atoms with Gasteiger partial charge in [-0.1, -0.05) is 55.5 Å². The molecule has 170 valence electrons. The number of rotatable bonds is 10. The van der Waals surface area contributed by atoms with E-state index in [2.05, 4.69) is 12.2 Å². The van der Waals surface area contributed by atoms with Crippen LogP contribution >= 0.6 is 23.2 Å². The largest absolute Gasteiger partial charge is 0.463 e. The van der Waals surface area contributed by atoms with Crippen molar-refractivity contribution < 1.29 is 19.1 Å². The molecule has 2 rings (SSSR count). The van der Waals surface area contributed by atoms with Gasteiger partial charge >= 0.3 is 5.97 Å². The van der Waals surface area contributed by atoms with Crippen molar-refractivity contribution in [2.24, 2.45) is 0 Å². The Hall–Kier alpha value is -2.05. The predicted octanol–water partition coefficient (Wildman–Crippen LogP) is 4.84. The topological polar surface area (TPSA) is 75.7 Å². The maximum atomic E-state index is 12.9. The lowest BCUT2D eigenvalue weighted by atomic mass is 9.83. The molecular formula is C23H30Cl2N2O4. The van der Waals surface area contributed by atoms with Gasteiger partial charge in [0, 0.05) is 24.6 Å². The van der Waals surface area contributed by atoms with E-state index < -0.39 is 11.9 Å². The minimum atomic E-state index is -0.519. The Balaban J connectivity index is 2.25. The van der Waals surface area contributed by atoms with Gasteiger partial charge in [-0.3, -0.25) is 9.59 Å². The van der Waals surface area contributed by atoms with E-state index in [9.17, 15) is 14.4 Å². The summed E-state index contributed by atoms with van der Waals surface area (Å²) in [7, 11) is 0. The Morgan fingerprint density at radius 1 is 1.16 bits per heavy atom. The van der Waals surface area contributed by atoms with E-state index >= 15 is 0 Å². The van der Waals surface area contributed by atoms with Gasteiger partial charge in [0.1, 0.15) is 6.54 Å². The lowest BCUT2D eigenvalue weighted by Gasteiger charge is -2.34. The Morgan fingerprint density at radius 3 is 2.55 bits per heavy atom. The quantitative estimate of drug-likeness (QED) is 0.393. The van der Waals surface area contributed by atoms with Crippen molar-refractivity contribution in [3.8, 4) is 0 Å². The summed E-state index contributed by atoms with van der Waals surface area (Å²) in [6.07, 6.45) is 4.23. The fourth-order valence-corrected chi connectivity index (χ4v) is 3.98. The first-order chi connectivity index (χ1) is 14.8. The summed E-state index contributed by atoms with van der Waals surface area (Å²) in [6, 6.07) is 5.05. The number of benzene rings is 1. The van der Waals surface area contributed by atoms with Gasteiger partial charge in [-0.2, -0.15) is 0 Å². The molecule has 0 saturated carbocycles. The second kappa shape index (κ2) is 12.1. The zero-order chi connectivity index (χ0) is 23.0. The van der Waals surface area contributed by atoms with E-state index in [4.69, 9.17) is 27.9 Å². The van der Waals surface area contributed by atoms with Gasteiger partial charge < -0.3 is 15.0 Å². The molecule has 1 unspecified atom stereocenters. The van der Waals surface area contributed by atoms with Crippen LogP contribution in [0.3, 0.4) is 0 Å². The van der Waals surface area contributed by atoms with Gasteiger partial charge in [-0.25, -0.2) is 4.79 Å². The molecule has 0 aromatic heterocycles. The summed E-state index contributed by atoms with van der Waals surface area (Å²) in [5.41, 5.74) is 1.48. The number of unbranched alkanes of at least 4 members (excludes halogenated alkanes) is 3. The lowest BCUT2D eigenvalue weighted by molar-refractivity contribution is -0.141. The van der Waals surface area contributed by atoms with Crippen molar-refractivity contribution >= 4 is 41.0 Å². The van der Waals surface area contributed by atoms with Crippen molar-refractivity contribution in [1.82, 2.24) is 10.2 Å². The summed E-state index contributed by atoms with van der Waals surface area (Å²) < 4.78 is 5.25. The maximum absolute atomic E-state index is 12.9. The van der Waals surface area contributed by atoms with Crippen LogP contribution in [0, 0.1) is 0 Å². The number of carbonyl (C=O) groups is 3. The maximum Gasteiger partial charge on any atom is 0.336 e. The first-order valence-corrected chi connectivity index (χ1v) is 11.5. The number of nitrogens with zero attached hydrogens (tertiary/aromatic N) is 1. The number of nitrogens with one attached hydrogen (secondary N) is 1. The number of ether oxygens (including phenoxy) is 1. The third-order valence-corrected chi connectivity index (χ3v) is 6.06. The summed E-state index contributed by atoms with van der Waals surface area (Å²) >= 11 is 12.2. The molecule has 1 atom stereocenters. The molecule has 0 fully saturated rings. The number of amides is 2. The average Bonchev–Trinajstić information content (AvgIpc) is 2.72. The highest BCUT2D eigenvalue weighted by molar-refractivity contribution is 6.42. The molecule has 2 amide bonds. The lowest BCUT2D eigenvalue weighted by Crippen LogP contribution is -2.44. The zero-order valence-electron chi connectivity index (χ0n) is 18.3. The monoisotopic (exact) mass is 468 g/mol. The third-order valence-electron chi connectivity index (χ3n) is 5.32. The van der Waals surface area contributed by atoms with Crippen LogP contribution < -0.4 is 5.32 Å². The normalized spacial score (nSPS) is 16.5. The van der Waals surface area contributed by atoms with Gasteiger partial charge in [0.15, 0.2) is 0 Å². The van der Waals surface area contributed by atoms with E-state index in [-0.39, 0.29) is 31.4 Å². The molecule has 0 radical (unpaired) electrons. The smallest absolute Gasteiger partial charge is 0.336 e. The second-order valence-corrected chi connectivity index (χ2v) is 8.35. The van der Waals surface area contributed by atoms with Crippen LogP contribution in [0.25, 0.3) is 0 Å². The second-order valence-electron chi connectivity index (χ2n) is 7.54. The molecule has 1 aromatic rings. The molecule has 0 aliphatic carbocycles. The number of halogens is 2. The predicted molar refractivity (Wildman–Crippen MR) is 122 cm³/mol. The number of allylic oxidation sites excluding steroid dienone is 1. The molecular weight excluding hydrogens is 439 g/mol. The van der Waals surface area contributed by atoms with Crippen molar-refractivity contribution in [3.05, 3.63) is 45.1 Å². The standard InChI is InChI=1S/C23H30Cl2N2O4/c1-4-6-7-8-11-26-20(28)14-27-15(3)22(23(30)31-5-2)17(13-21(27)29)16-9-10-18(24)19(25)12-16/h9-10,12,17H,4-8,11,13-14H2,1-3H3,(H,26,28). The van der Waals surface area contributed by atoms with Crippen LogP contribution in [0.5, 0.6) is 0 Å². The van der Waals surface area contributed by atoms with Crippen LogP contribution in [0.15, 0.2) is 29.5 Å². The molecule has 0 bridgehead atoms.